The molecule has 10 heteroatoms. The Morgan fingerprint density at radius 1 is 1.21 bits per heavy atom. The van der Waals surface area contributed by atoms with Crippen molar-refractivity contribution in [2.75, 3.05) is 19.8 Å². The average Bonchev–Trinajstić information content (AvgIpc) is 3.59. The van der Waals surface area contributed by atoms with Gasteiger partial charge in [-0.05, 0) is 78.6 Å². The summed E-state index contributed by atoms with van der Waals surface area (Å²) in [4.78, 5) is 18.4. The van der Waals surface area contributed by atoms with Gasteiger partial charge in [0.05, 0.1) is 25.3 Å². The van der Waals surface area contributed by atoms with Crippen LogP contribution >= 0.6 is 0 Å². The van der Waals surface area contributed by atoms with E-state index < -0.39 is 0 Å². The second-order valence-electron chi connectivity index (χ2n) is 9.62. The van der Waals surface area contributed by atoms with Crippen LogP contribution in [0.1, 0.15) is 56.1 Å². The molecule has 0 saturated carbocycles. The Morgan fingerprint density at radius 2 is 2.05 bits per heavy atom. The predicted octanol–water partition coefficient (Wildman–Crippen LogP) is 4.23. The lowest BCUT2D eigenvalue weighted by Gasteiger charge is -2.32. The molecule has 2 aromatic heterocycles. The fourth-order valence-electron chi connectivity index (χ4n) is 5.10. The molecule has 1 fully saturated rings. The van der Waals surface area contributed by atoms with Crippen molar-refractivity contribution in [1.82, 2.24) is 30.1 Å². The molecule has 38 heavy (non-hydrogen) atoms. The summed E-state index contributed by atoms with van der Waals surface area (Å²) < 4.78 is 26.8. The van der Waals surface area contributed by atoms with Gasteiger partial charge in [-0.25, -0.2) is 9.07 Å². The highest BCUT2D eigenvalue weighted by Gasteiger charge is 2.29. The number of hydrogen-bond acceptors (Lipinski definition) is 7. The summed E-state index contributed by atoms with van der Waals surface area (Å²) in [5.74, 6) is 1.18. The van der Waals surface area contributed by atoms with Gasteiger partial charge in [-0.15, -0.1) is 5.10 Å². The first-order valence-electron chi connectivity index (χ1n) is 13.2. The lowest BCUT2D eigenvalue weighted by molar-refractivity contribution is 0.0489. The summed E-state index contributed by atoms with van der Waals surface area (Å²) in [6, 6.07) is 13.8. The SMILES string of the molecule is CCOc1ccc2[nH]c(=O)c(CN(C[C@H]3CCCO3)[C@H](CC)c3nnnn3Cc3ccc(F)cc3)cc2c1. The fourth-order valence-corrected chi connectivity index (χ4v) is 5.10. The first-order chi connectivity index (χ1) is 18.5. The zero-order chi connectivity index (χ0) is 26.5. The quantitative estimate of drug-likeness (QED) is 0.316. The van der Waals surface area contributed by atoms with E-state index in [2.05, 4.69) is 32.3 Å². The second-order valence-corrected chi connectivity index (χ2v) is 9.62. The molecule has 9 nitrogen and oxygen atoms in total. The van der Waals surface area contributed by atoms with E-state index in [1.54, 1.807) is 16.8 Å². The first-order valence-corrected chi connectivity index (χ1v) is 13.2. The van der Waals surface area contributed by atoms with Crippen molar-refractivity contribution in [3.05, 3.63) is 81.7 Å². The van der Waals surface area contributed by atoms with Crippen molar-refractivity contribution >= 4 is 10.9 Å². The van der Waals surface area contributed by atoms with Crippen LogP contribution in [-0.2, 0) is 17.8 Å². The number of ether oxygens (including phenoxy) is 2. The molecular weight excluding hydrogens is 487 g/mol. The number of fused-ring (bicyclic) bond motifs is 1. The molecule has 0 unspecified atom stereocenters. The molecule has 4 aromatic rings. The number of nitrogens with zero attached hydrogens (tertiary/aromatic N) is 5. The van der Waals surface area contributed by atoms with E-state index in [0.29, 0.717) is 37.6 Å². The molecule has 5 rings (SSSR count). The zero-order valence-corrected chi connectivity index (χ0v) is 21.8. The number of nitrogens with one attached hydrogen (secondary N) is 1. The Kier molecular flexibility index (Phi) is 8.09. The molecule has 0 aliphatic carbocycles. The molecule has 0 spiro atoms. The minimum absolute atomic E-state index is 0.0783. The molecule has 3 heterocycles. The van der Waals surface area contributed by atoms with Crippen molar-refractivity contribution in [2.45, 2.75) is 58.3 Å². The fraction of sp³-hybridized carbons (Fsp3) is 0.429. The number of rotatable bonds is 11. The molecule has 1 aliphatic heterocycles. The monoisotopic (exact) mass is 520 g/mol. The third-order valence-corrected chi connectivity index (χ3v) is 6.97. The van der Waals surface area contributed by atoms with E-state index in [-0.39, 0.29) is 23.5 Å². The van der Waals surface area contributed by atoms with E-state index in [1.807, 2.05) is 31.2 Å². The van der Waals surface area contributed by atoms with E-state index in [1.165, 1.54) is 12.1 Å². The molecule has 1 N–H and O–H groups in total. The Bertz CT molecular complexity index is 1410. The van der Waals surface area contributed by atoms with Gasteiger partial charge in [0.1, 0.15) is 11.6 Å². The van der Waals surface area contributed by atoms with Crippen molar-refractivity contribution in [3.63, 3.8) is 0 Å². The number of aromatic nitrogens is 5. The Morgan fingerprint density at radius 3 is 2.79 bits per heavy atom. The van der Waals surface area contributed by atoms with Gasteiger partial charge in [-0.1, -0.05) is 19.1 Å². The summed E-state index contributed by atoms with van der Waals surface area (Å²) in [6.07, 6.45) is 2.80. The van der Waals surface area contributed by atoms with Crippen LogP contribution in [0.25, 0.3) is 10.9 Å². The molecule has 0 amide bonds. The lowest BCUT2D eigenvalue weighted by atomic mass is 10.1. The maximum absolute atomic E-state index is 13.4. The van der Waals surface area contributed by atoms with Crippen molar-refractivity contribution < 1.29 is 13.9 Å². The van der Waals surface area contributed by atoms with Gasteiger partial charge in [0.15, 0.2) is 5.82 Å². The predicted molar refractivity (Wildman–Crippen MR) is 141 cm³/mol. The van der Waals surface area contributed by atoms with Crippen LogP contribution in [0.4, 0.5) is 4.39 Å². The number of halogens is 1. The van der Waals surface area contributed by atoms with E-state index in [0.717, 1.165) is 48.1 Å². The third kappa shape index (κ3) is 5.92. The minimum atomic E-state index is -0.283. The van der Waals surface area contributed by atoms with Crippen LogP contribution in [0, 0.1) is 5.82 Å². The van der Waals surface area contributed by atoms with Crippen LogP contribution < -0.4 is 10.3 Å². The molecular formula is C28H33FN6O3. The van der Waals surface area contributed by atoms with E-state index in [4.69, 9.17) is 9.47 Å². The maximum atomic E-state index is 13.4. The van der Waals surface area contributed by atoms with Gasteiger partial charge in [0.25, 0.3) is 5.56 Å². The largest absolute Gasteiger partial charge is 0.494 e. The highest BCUT2D eigenvalue weighted by molar-refractivity contribution is 5.80. The normalized spacial score (nSPS) is 16.4. The Hall–Kier alpha value is -3.63. The third-order valence-electron chi connectivity index (χ3n) is 6.97. The van der Waals surface area contributed by atoms with Crippen molar-refractivity contribution in [1.29, 1.82) is 0 Å². The molecule has 0 radical (unpaired) electrons. The van der Waals surface area contributed by atoms with Crippen molar-refractivity contribution in [3.8, 4) is 5.75 Å². The molecule has 2 atom stereocenters. The number of pyridine rings is 1. The first kappa shape index (κ1) is 26.0. The standard InChI is InChI=1S/C28H33FN6O3/c1-3-26(27-31-32-33-35(27)16-19-7-9-22(29)10-8-19)34(18-24-6-5-13-38-24)17-21-14-20-15-23(37-4-2)11-12-25(20)30-28(21)36/h7-12,14-15,24,26H,3-6,13,16-18H2,1-2H3,(H,30,36)/t24-,26-/m1/s1. The maximum Gasteiger partial charge on any atom is 0.252 e. The summed E-state index contributed by atoms with van der Waals surface area (Å²) in [5, 5.41) is 13.5. The summed E-state index contributed by atoms with van der Waals surface area (Å²) in [5.41, 5.74) is 2.19. The number of H-pyrrole nitrogens is 1. The lowest BCUT2D eigenvalue weighted by Crippen LogP contribution is -2.37. The minimum Gasteiger partial charge on any atom is -0.494 e. The van der Waals surface area contributed by atoms with Gasteiger partial charge in [-0.2, -0.15) is 0 Å². The van der Waals surface area contributed by atoms with Crippen molar-refractivity contribution in [2.24, 2.45) is 0 Å². The van der Waals surface area contributed by atoms with Gasteiger partial charge in [0, 0.05) is 36.2 Å². The number of benzene rings is 2. The molecule has 2 aromatic carbocycles. The van der Waals surface area contributed by atoms with Crippen LogP contribution in [0.15, 0.2) is 53.3 Å². The summed E-state index contributed by atoms with van der Waals surface area (Å²) >= 11 is 0. The van der Waals surface area contributed by atoms with E-state index in [9.17, 15) is 9.18 Å². The van der Waals surface area contributed by atoms with Crippen LogP contribution in [0.2, 0.25) is 0 Å². The van der Waals surface area contributed by atoms with Crippen LogP contribution in [0.5, 0.6) is 5.75 Å². The zero-order valence-electron chi connectivity index (χ0n) is 21.8. The van der Waals surface area contributed by atoms with Crippen LogP contribution in [0.3, 0.4) is 0 Å². The molecule has 200 valence electrons. The van der Waals surface area contributed by atoms with Gasteiger partial charge in [-0.3, -0.25) is 9.69 Å². The molecule has 1 aliphatic rings. The van der Waals surface area contributed by atoms with E-state index >= 15 is 0 Å². The topological polar surface area (TPSA) is 98.2 Å². The van der Waals surface area contributed by atoms with Gasteiger partial charge in [0.2, 0.25) is 0 Å². The summed E-state index contributed by atoms with van der Waals surface area (Å²) in [6.45, 7) is 6.83. The smallest absolute Gasteiger partial charge is 0.252 e. The molecule has 1 saturated heterocycles. The average molecular weight is 521 g/mol. The number of aromatic amines is 1. The van der Waals surface area contributed by atoms with Gasteiger partial charge >= 0.3 is 0 Å². The summed E-state index contributed by atoms with van der Waals surface area (Å²) in [7, 11) is 0. The van der Waals surface area contributed by atoms with Gasteiger partial charge < -0.3 is 14.5 Å². The number of hydrogen-bond donors (Lipinski definition) is 1. The number of tetrazole rings is 1. The molecule has 0 bridgehead atoms. The second kappa shape index (κ2) is 11.8. The van der Waals surface area contributed by atoms with Crippen LogP contribution in [-0.4, -0.2) is 56.0 Å². The highest BCUT2D eigenvalue weighted by atomic mass is 19.1. The Labute approximate surface area is 220 Å². The highest BCUT2D eigenvalue weighted by Crippen LogP contribution is 2.28. The Balaban J connectivity index is 1.47.